The lowest BCUT2D eigenvalue weighted by Crippen LogP contribution is -2.29. The third-order valence-electron chi connectivity index (χ3n) is 3.57. The molecule has 0 atom stereocenters. The van der Waals surface area contributed by atoms with Gasteiger partial charge in [-0.25, -0.2) is 9.97 Å². The van der Waals surface area contributed by atoms with Crippen LogP contribution in [0.2, 0.25) is 0 Å². The number of carbonyl (C=O) groups excluding carboxylic acids is 1. The average molecular weight is 368 g/mol. The van der Waals surface area contributed by atoms with E-state index in [0.717, 1.165) is 6.20 Å². The number of pyridine rings is 1. The van der Waals surface area contributed by atoms with Gasteiger partial charge in [-0.15, -0.1) is 0 Å². The molecule has 27 heavy (non-hydrogen) atoms. The van der Waals surface area contributed by atoms with Crippen LogP contribution in [0.4, 0.5) is 17.2 Å². The van der Waals surface area contributed by atoms with Gasteiger partial charge in [-0.2, -0.15) is 0 Å². The molecule has 0 aliphatic rings. The minimum absolute atomic E-state index is 0.0863. The van der Waals surface area contributed by atoms with Crippen molar-refractivity contribution in [2.75, 3.05) is 24.1 Å². The van der Waals surface area contributed by atoms with Gasteiger partial charge in [-0.3, -0.25) is 14.9 Å². The van der Waals surface area contributed by atoms with E-state index in [9.17, 15) is 14.9 Å². The Kier molecular flexibility index (Phi) is 5.26. The standard InChI is InChI=1S/C17H16N6O4/c18-12-3-1-11(2-4-12)17-22-14(10-27-17)16(24)20-8-7-19-15-6-5-13(9-21-15)23(25)26/h1-6,9-10H,7-8,18H2,(H,19,21)(H,20,24). The number of aromatic nitrogens is 2. The van der Waals surface area contributed by atoms with E-state index < -0.39 is 4.92 Å². The maximum atomic E-state index is 12.1. The smallest absolute Gasteiger partial charge is 0.287 e. The van der Waals surface area contributed by atoms with Crippen LogP contribution in [0, 0.1) is 10.1 Å². The fraction of sp³-hybridized carbons (Fsp3) is 0.118. The number of nitrogens with two attached hydrogens (primary N) is 1. The first-order valence-corrected chi connectivity index (χ1v) is 7.97. The molecule has 0 radical (unpaired) electrons. The normalized spacial score (nSPS) is 10.4. The number of nitrogens with zero attached hydrogens (tertiary/aromatic N) is 3. The number of anilines is 2. The van der Waals surface area contributed by atoms with Crippen molar-refractivity contribution >= 4 is 23.1 Å². The lowest BCUT2D eigenvalue weighted by molar-refractivity contribution is -0.385. The monoisotopic (exact) mass is 368 g/mol. The molecule has 0 spiro atoms. The Morgan fingerprint density at radius 1 is 1.19 bits per heavy atom. The molecule has 1 aromatic carbocycles. The van der Waals surface area contributed by atoms with Gasteiger partial charge in [0.15, 0.2) is 5.69 Å². The molecule has 0 fully saturated rings. The van der Waals surface area contributed by atoms with Gasteiger partial charge < -0.3 is 20.8 Å². The van der Waals surface area contributed by atoms with Gasteiger partial charge in [0.1, 0.15) is 18.3 Å². The van der Waals surface area contributed by atoms with E-state index in [1.54, 1.807) is 24.3 Å². The van der Waals surface area contributed by atoms with Crippen LogP contribution in [-0.2, 0) is 0 Å². The van der Waals surface area contributed by atoms with Crippen molar-refractivity contribution < 1.29 is 14.1 Å². The summed E-state index contributed by atoms with van der Waals surface area (Å²) in [4.78, 5) is 30.2. The lowest BCUT2D eigenvalue weighted by Gasteiger charge is -2.05. The van der Waals surface area contributed by atoms with E-state index in [1.165, 1.54) is 18.4 Å². The van der Waals surface area contributed by atoms with Crippen molar-refractivity contribution in [3.8, 4) is 11.5 Å². The number of nitrogen functional groups attached to an aromatic ring is 1. The summed E-state index contributed by atoms with van der Waals surface area (Å²) >= 11 is 0. The second-order valence-electron chi connectivity index (χ2n) is 5.50. The molecule has 0 unspecified atom stereocenters. The predicted octanol–water partition coefficient (Wildman–Crippen LogP) is 2.07. The summed E-state index contributed by atoms with van der Waals surface area (Å²) in [5, 5.41) is 16.2. The van der Waals surface area contributed by atoms with Crippen LogP contribution in [0.3, 0.4) is 0 Å². The third kappa shape index (κ3) is 4.57. The number of nitrogens with one attached hydrogen (secondary N) is 2. The molecule has 138 valence electrons. The Hall–Kier alpha value is -3.95. The van der Waals surface area contributed by atoms with Crippen LogP contribution in [0.15, 0.2) is 53.3 Å². The second kappa shape index (κ2) is 7.95. The quantitative estimate of drug-likeness (QED) is 0.248. The van der Waals surface area contributed by atoms with Gasteiger partial charge in [0.2, 0.25) is 5.89 Å². The summed E-state index contributed by atoms with van der Waals surface area (Å²) in [6.07, 6.45) is 2.45. The Bertz CT molecular complexity index is 937. The summed E-state index contributed by atoms with van der Waals surface area (Å²) in [7, 11) is 0. The van der Waals surface area contributed by atoms with Crippen molar-refractivity contribution in [3.05, 3.63) is 64.7 Å². The molecule has 0 saturated heterocycles. The zero-order chi connectivity index (χ0) is 19.2. The van der Waals surface area contributed by atoms with Gasteiger partial charge in [0.05, 0.1) is 4.92 Å². The molecule has 2 heterocycles. The number of oxazole rings is 1. The van der Waals surface area contributed by atoms with E-state index >= 15 is 0 Å². The summed E-state index contributed by atoms with van der Waals surface area (Å²) in [5.74, 6) is 0.425. The van der Waals surface area contributed by atoms with Gasteiger partial charge in [0.25, 0.3) is 11.6 Å². The van der Waals surface area contributed by atoms with Crippen molar-refractivity contribution in [2.24, 2.45) is 0 Å². The van der Waals surface area contributed by atoms with Gasteiger partial charge >= 0.3 is 0 Å². The number of rotatable bonds is 7. The SMILES string of the molecule is Nc1ccc(-c2nc(C(=O)NCCNc3ccc([N+](=O)[O-])cn3)co2)cc1. The highest BCUT2D eigenvalue weighted by molar-refractivity contribution is 5.92. The number of benzene rings is 1. The maximum Gasteiger partial charge on any atom is 0.287 e. The van der Waals surface area contributed by atoms with Crippen LogP contribution in [0.25, 0.3) is 11.5 Å². The van der Waals surface area contributed by atoms with E-state index in [-0.39, 0.29) is 17.3 Å². The van der Waals surface area contributed by atoms with E-state index in [2.05, 4.69) is 20.6 Å². The summed E-state index contributed by atoms with van der Waals surface area (Å²) in [6, 6.07) is 9.79. The molecule has 10 nitrogen and oxygen atoms in total. The maximum absolute atomic E-state index is 12.1. The molecule has 0 saturated carbocycles. The van der Waals surface area contributed by atoms with Gasteiger partial charge in [0, 0.05) is 30.4 Å². The second-order valence-corrected chi connectivity index (χ2v) is 5.50. The molecular weight excluding hydrogens is 352 g/mol. The Morgan fingerprint density at radius 2 is 1.96 bits per heavy atom. The largest absolute Gasteiger partial charge is 0.444 e. The van der Waals surface area contributed by atoms with E-state index in [1.807, 2.05) is 0 Å². The molecular formula is C17H16N6O4. The molecule has 0 aliphatic carbocycles. The summed E-state index contributed by atoms with van der Waals surface area (Å²) in [6.45, 7) is 0.695. The zero-order valence-electron chi connectivity index (χ0n) is 14.1. The minimum atomic E-state index is -0.520. The number of carbonyl (C=O) groups is 1. The highest BCUT2D eigenvalue weighted by Gasteiger charge is 2.13. The van der Waals surface area contributed by atoms with Crippen LogP contribution in [-0.4, -0.2) is 33.9 Å². The van der Waals surface area contributed by atoms with Gasteiger partial charge in [-0.05, 0) is 30.3 Å². The van der Waals surface area contributed by atoms with Gasteiger partial charge in [-0.1, -0.05) is 0 Å². The average Bonchev–Trinajstić information content (AvgIpc) is 3.16. The number of nitro groups is 1. The minimum Gasteiger partial charge on any atom is -0.444 e. The van der Waals surface area contributed by atoms with Crippen molar-refractivity contribution in [2.45, 2.75) is 0 Å². The van der Waals surface area contributed by atoms with Crippen LogP contribution < -0.4 is 16.4 Å². The molecule has 10 heteroatoms. The highest BCUT2D eigenvalue weighted by Crippen LogP contribution is 2.19. The topological polar surface area (TPSA) is 149 Å². The Balaban J connectivity index is 1.48. The fourth-order valence-corrected chi connectivity index (χ4v) is 2.19. The first-order valence-electron chi connectivity index (χ1n) is 7.97. The first kappa shape index (κ1) is 17.9. The molecule has 2 aromatic heterocycles. The first-order chi connectivity index (χ1) is 13.0. The van der Waals surface area contributed by atoms with Crippen molar-refractivity contribution in [1.82, 2.24) is 15.3 Å². The molecule has 3 aromatic rings. The van der Waals surface area contributed by atoms with Crippen molar-refractivity contribution in [3.63, 3.8) is 0 Å². The Labute approximate surface area is 153 Å². The van der Waals surface area contributed by atoms with Crippen molar-refractivity contribution in [1.29, 1.82) is 0 Å². The van der Waals surface area contributed by atoms with E-state index in [0.29, 0.717) is 36.0 Å². The Morgan fingerprint density at radius 3 is 2.63 bits per heavy atom. The lowest BCUT2D eigenvalue weighted by atomic mass is 10.2. The summed E-state index contributed by atoms with van der Waals surface area (Å²) < 4.78 is 5.32. The van der Waals surface area contributed by atoms with Crippen LogP contribution in [0.1, 0.15) is 10.5 Å². The predicted molar refractivity (Wildman–Crippen MR) is 98.1 cm³/mol. The number of amides is 1. The fourth-order valence-electron chi connectivity index (χ4n) is 2.19. The summed E-state index contributed by atoms with van der Waals surface area (Å²) in [5.41, 5.74) is 7.05. The highest BCUT2D eigenvalue weighted by atomic mass is 16.6. The number of hydrogen-bond donors (Lipinski definition) is 3. The molecule has 0 aliphatic heterocycles. The number of hydrogen-bond acceptors (Lipinski definition) is 8. The molecule has 4 N–H and O–H groups in total. The van der Waals surface area contributed by atoms with Crippen LogP contribution in [0.5, 0.6) is 0 Å². The van der Waals surface area contributed by atoms with E-state index in [4.69, 9.17) is 10.2 Å². The van der Waals surface area contributed by atoms with Crippen LogP contribution >= 0.6 is 0 Å². The molecule has 3 rings (SSSR count). The molecule has 1 amide bonds. The third-order valence-corrected chi connectivity index (χ3v) is 3.57. The molecule has 0 bridgehead atoms. The zero-order valence-corrected chi connectivity index (χ0v) is 14.1.